The number of aromatic nitrogens is 1. The van der Waals surface area contributed by atoms with E-state index < -0.39 is 12.1 Å². The van der Waals surface area contributed by atoms with Crippen LogP contribution in [-0.2, 0) is 22.4 Å². The number of nitrogens with zero attached hydrogens (tertiary/aromatic N) is 1. The van der Waals surface area contributed by atoms with Gasteiger partial charge in [-0.05, 0) is 43.7 Å². The highest BCUT2D eigenvalue weighted by Crippen LogP contribution is 2.30. The van der Waals surface area contributed by atoms with Crippen molar-refractivity contribution in [3.8, 4) is 11.3 Å². The lowest BCUT2D eigenvalue weighted by atomic mass is 9.99. The lowest BCUT2D eigenvalue weighted by Gasteiger charge is -2.14. The molecule has 0 spiro atoms. The van der Waals surface area contributed by atoms with Crippen LogP contribution in [0.1, 0.15) is 46.3 Å². The molecule has 1 aliphatic carbocycles. The molecule has 29 heavy (non-hydrogen) atoms. The molecule has 0 fully saturated rings. The smallest absolute Gasteiger partial charge is 0.349 e. The van der Waals surface area contributed by atoms with Crippen LogP contribution in [0.15, 0.2) is 41.8 Å². The Morgan fingerprint density at radius 3 is 2.76 bits per heavy atom. The average Bonchev–Trinajstić information content (AvgIpc) is 3.39. The number of aryl methyl sites for hydroxylation is 2. The number of thiophene rings is 1. The normalized spacial score (nSPS) is 14.1. The molecule has 0 saturated heterocycles. The third kappa shape index (κ3) is 4.57. The van der Waals surface area contributed by atoms with Gasteiger partial charge in [-0.1, -0.05) is 37.3 Å². The molecule has 1 amide bonds. The molecule has 0 aliphatic heterocycles. The second-order valence-corrected chi connectivity index (χ2v) is 8.96. The third-order valence-electron chi connectivity index (χ3n) is 4.91. The Hall–Kier alpha value is -2.51. The minimum absolute atomic E-state index is 0.351. The quantitative estimate of drug-likeness (QED) is 0.541. The number of carbonyl (C=O) groups excluding carboxylic acids is 2. The first-order valence-corrected chi connectivity index (χ1v) is 11.5. The zero-order chi connectivity index (χ0) is 20.2. The molecule has 150 valence electrons. The monoisotopic (exact) mass is 426 g/mol. The fraction of sp³-hybridized carbons (Fsp3) is 0.318. The molecular formula is C22H22N2O3S2. The van der Waals surface area contributed by atoms with Gasteiger partial charge in [-0.15, -0.1) is 22.7 Å². The first-order valence-electron chi connectivity index (χ1n) is 9.78. The van der Waals surface area contributed by atoms with Crippen molar-refractivity contribution in [2.75, 3.05) is 5.32 Å². The van der Waals surface area contributed by atoms with Crippen molar-refractivity contribution in [1.29, 1.82) is 0 Å². The van der Waals surface area contributed by atoms with Crippen molar-refractivity contribution in [2.45, 2.75) is 45.1 Å². The summed E-state index contributed by atoms with van der Waals surface area (Å²) >= 11 is 2.85. The van der Waals surface area contributed by atoms with E-state index in [-0.39, 0.29) is 5.91 Å². The first kappa shape index (κ1) is 19.8. The summed E-state index contributed by atoms with van der Waals surface area (Å²) in [5, 5.41) is 5.18. The molecular weight excluding hydrogens is 404 g/mol. The van der Waals surface area contributed by atoms with Crippen molar-refractivity contribution >= 4 is 39.7 Å². The molecule has 3 aromatic rings. The van der Waals surface area contributed by atoms with Gasteiger partial charge in [0.05, 0.1) is 5.69 Å². The van der Waals surface area contributed by atoms with Gasteiger partial charge in [0.15, 0.2) is 11.2 Å². The van der Waals surface area contributed by atoms with Crippen LogP contribution in [0.3, 0.4) is 0 Å². The molecule has 1 unspecified atom stereocenters. The molecule has 1 atom stereocenters. The summed E-state index contributed by atoms with van der Waals surface area (Å²) in [5.74, 6) is -0.772. The second kappa shape index (κ2) is 8.88. The van der Waals surface area contributed by atoms with Crippen LogP contribution in [0.5, 0.6) is 0 Å². The van der Waals surface area contributed by atoms with Gasteiger partial charge in [0.25, 0.3) is 5.91 Å². The van der Waals surface area contributed by atoms with Gasteiger partial charge >= 0.3 is 5.97 Å². The molecule has 0 bridgehead atoms. The van der Waals surface area contributed by atoms with E-state index in [9.17, 15) is 9.59 Å². The highest BCUT2D eigenvalue weighted by Gasteiger charge is 2.25. The Morgan fingerprint density at radius 2 is 2.00 bits per heavy atom. The van der Waals surface area contributed by atoms with E-state index in [2.05, 4.69) is 10.3 Å². The fourth-order valence-corrected chi connectivity index (χ4v) is 5.22. The maximum Gasteiger partial charge on any atom is 0.349 e. The molecule has 1 aliphatic rings. The second-order valence-electron chi connectivity index (χ2n) is 6.96. The molecule has 7 heteroatoms. The summed E-state index contributed by atoms with van der Waals surface area (Å²) in [5.41, 5.74) is 3.05. The van der Waals surface area contributed by atoms with Gasteiger partial charge in [-0.2, -0.15) is 0 Å². The van der Waals surface area contributed by atoms with Crippen LogP contribution in [0.2, 0.25) is 0 Å². The van der Waals surface area contributed by atoms with E-state index in [0.29, 0.717) is 16.4 Å². The number of hydrogen-bond acceptors (Lipinski definition) is 6. The van der Waals surface area contributed by atoms with E-state index in [0.717, 1.165) is 30.5 Å². The van der Waals surface area contributed by atoms with E-state index in [1.807, 2.05) is 48.7 Å². The standard InChI is InChI=1S/C22H22N2O3S2/c1-2-17(27-21(26)19-12-15-10-6-7-11-18(15)29-19)20(25)24-22-23-16(13-28-22)14-8-4-3-5-9-14/h3-5,8-9,12-13,17H,2,6-7,10-11H2,1H3,(H,23,24,25). The van der Waals surface area contributed by atoms with Crippen molar-refractivity contribution in [1.82, 2.24) is 4.98 Å². The minimum Gasteiger partial charge on any atom is -0.448 e. The van der Waals surface area contributed by atoms with Gasteiger partial charge < -0.3 is 4.74 Å². The maximum absolute atomic E-state index is 12.6. The molecule has 0 radical (unpaired) electrons. The number of anilines is 1. The largest absolute Gasteiger partial charge is 0.448 e. The molecule has 4 rings (SSSR count). The van der Waals surface area contributed by atoms with Crippen LogP contribution >= 0.6 is 22.7 Å². The number of ether oxygens (including phenoxy) is 1. The zero-order valence-electron chi connectivity index (χ0n) is 16.1. The van der Waals surface area contributed by atoms with Crippen molar-refractivity contribution in [2.24, 2.45) is 0 Å². The minimum atomic E-state index is -0.842. The lowest BCUT2D eigenvalue weighted by molar-refractivity contribution is -0.124. The summed E-state index contributed by atoms with van der Waals surface area (Å²) in [7, 11) is 0. The predicted molar refractivity (Wildman–Crippen MR) is 117 cm³/mol. The van der Waals surface area contributed by atoms with Gasteiger partial charge in [0, 0.05) is 15.8 Å². The Balaban J connectivity index is 1.40. The summed E-state index contributed by atoms with van der Waals surface area (Å²) in [4.78, 5) is 31.5. The van der Waals surface area contributed by atoms with E-state index >= 15 is 0 Å². The first-order chi connectivity index (χ1) is 14.1. The summed E-state index contributed by atoms with van der Waals surface area (Å²) in [6.07, 6.45) is 3.94. The van der Waals surface area contributed by atoms with Gasteiger partial charge in [0.1, 0.15) is 4.88 Å². The Labute approximate surface area is 177 Å². The SMILES string of the molecule is CCC(OC(=O)c1cc2c(s1)CCCC2)C(=O)Nc1nc(-c2ccccc2)cs1. The van der Waals surface area contributed by atoms with Crippen LogP contribution in [-0.4, -0.2) is 23.0 Å². The molecule has 5 nitrogen and oxygen atoms in total. The molecule has 0 saturated carbocycles. The number of rotatable bonds is 6. The number of carbonyl (C=O) groups is 2. The van der Waals surface area contributed by atoms with Crippen LogP contribution in [0, 0.1) is 0 Å². The van der Waals surface area contributed by atoms with Gasteiger partial charge in [-0.3, -0.25) is 10.1 Å². The average molecular weight is 427 g/mol. The number of fused-ring (bicyclic) bond motifs is 1. The zero-order valence-corrected chi connectivity index (χ0v) is 17.8. The van der Waals surface area contributed by atoms with Crippen molar-refractivity contribution < 1.29 is 14.3 Å². The Morgan fingerprint density at radius 1 is 1.21 bits per heavy atom. The molecule has 2 aromatic heterocycles. The number of nitrogens with one attached hydrogen (secondary N) is 1. The van der Waals surface area contributed by atoms with E-state index in [1.165, 1.54) is 39.5 Å². The third-order valence-corrected chi connectivity index (χ3v) is 6.89. The topological polar surface area (TPSA) is 68.3 Å². The highest BCUT2D eigenvalue weighted by molar-refractivity contribution is 7.14. The van der Waals surface area contributed by atoms with E-state index in [4.69, 9.17) is 4.74 Å². The van der Waals surface area contributed by atoms with Gasteiger partial charge in [-0.25, -0.2) is 9.78 Å². The fourth-order valence-electron chi connectivity index (χ4n) is 3.36. The summed E-state index contributed by atoms with van der Waals surface area (Å²) < 4.78 is 5.53. The number of thiazole rings is 1. The van der Waals surface area contributed by atoms with E-state index in [1.54, 1.807) is 0 Å². The van der Waals surface area contributed by atoms with Gasteiger partial charge in [0.2, 0.25) is 0 Å². The van der Waals surface area contributed by atoms with Crippen molar-refractivity contribution in [3.63, 3.8) is 0 Å². The summed E-state index contributed by atoms with van der Waals surface area (Å²) in [6, 6.07) is 11.7. The molecule has 2 heterocycles. The summed E-state index contributed by atoms with van der Waals surface area (Å²) in [6.45, 7) is 1.83. The Kier molecular flexibility index (Phi) is 6.06. The Bertz CT molecular complexity index is 987. The predicted octanol–water partition coefficient (Wildman–Crippen LogP) is 5.32. The molecule has 1 N–H and O–H groups in total. The molecule has 1 aromatic carbocycles. The maximum atomic E-state index is 12.6. The van der Waals surface area contributed by atoms with Crippen LogP contribution < -0.4 is 5.32 Å². The number of hydrogen-bond donors (Lipinski definition) is 1. The van der Waals surface area contributed by atoms with Crippen molar-refractivity contribution in [3.05, 3.63) is 57.1 Å². The lowest BCUT2D eigenvalue weighted by Crippen LogP contribution is -2.31. The highest BCUT2D eigenvalue weighted by atomic mass is 32.1. The van der Waals surface area contributed by atoms with Crippen LogP contribution in [0.25, 0.3) is 11.3 Å². The number of esters is 1. The van der Waals surface area contributed by atoms with Crippen LogP contribution in [0.4, 0.5) is 5.13 Å². The number of amides is 1. The number of benzene rings is 1.